The number of esters is 1. The van der Waals surface area contributed by atoms with Crippen LogP contribution in [-0.2, 0) is 26.2 Å². The Labute approximate surface area is 183 Å². The minimum Gasteiger partial charge on any atom is -0.456 e. The lowest BCUT2D eigenvalue weighted by molar-refractivity contribution is -0.152. The molecule has 2 aromatic rings. The molecule has 0 aliphatic carbocycles. The van der Waals surface area contributed by atoms with E-state index in [0.717, 1.165) is 5.56 Å². The molecule has 0 bridgehead atoms. The lowest BCUT2D eigenvalue weighted by Crippen LogP contribution is -2.50. The molecule has 0 aromatic heterocycles. The van der Waals surface area contributed by atoms with E-state index in [4.69, 9.17) is 4.74 Å². The van der Waals surface area contributed by atoms with Crippen molar-refractivity contribution in [3.05, 3.63) is 65.5 Å². The first kappa shape index (κ1) is 22.8. The van der Waals surface area contributed by atoms with Crippen LogP contribution >= 0.6 is 0 Å². The number of benzene rings is 2. The summed E-state index contributed by atoms with van der Waals surface area (Å²) in [6.45, 7) is 8.29. The summed E-state index contributed by atoms with van der Waals surface area (Å²) in [6.07, 6.45) is 0.821. The van der Waals surface area contributed by atoms with Gasteiger partial charge in [-0.25, -0.2) is 4.39 Å². The normalized spacial score (nSPS) is 14.5. The maximum atomic E-state index is 13.9. The smallest absolute Gasteiger partial charge is 0.306 e. The summed E-state index contributed by atoms with van der Waals surface area (Å²) >= 11 is 0. The van der Waals surface area contributed by atoms with Gasteiger partial charge in [-0.1, -0.05) is 57.2 Å². The zero-order chi connectivity index (χ0) is 22.4. The summed E-state index contributed by atoms with van der Waals surface area (Å²) in [6, 6.07) is 14.9. The van der Waals surface area contributed by atoms with Crippen molar-refractivity contribution in [1.82, 2.24) is 4.90 Å². The molecule has 1 saturated heterocycles. The van der Waals surface area contributed by atoms with Crippen LogP contribution in [0.2, 0.25) is 0 Å². The van der Waals surface area contributed by atoms with Crippen LogP contribution in [0, 0.1) is 5.82 Å². The molecule has 5 nitrogen and oxygen atoms in total. The first-order valence-electron chi connectivity index (χ1n) is 10.8. The largest absolute Gasteiger partial charge is 0.456 e. The van der Waals surface area contributed by atoms with E-state index in [1.807, 2.05) is 17.0 Å². The molecule has 0 radical (unpaired) electrons. The number of ether oxygens (including phenoxy) is 1. The second kappa shape index (κ2) is 9.94. The monoisotopic (exact) mass is 426 g/mol. The summed E-state index contributed by atoms with van der Waals surface area (Å²) in [5.74, 6) is -0.849. The number of hydrogen-bond acceptors (Lipinski definition) is 4. The molecule has 0 unspecified atom stereocenters. The van der Waals surface area contributed by atoms with Crippen molar-refractivity contribution in [2.24, 2.45) is 0 Å². The van der Waals surface area contributed by atoms with Gasteiger partial charge in [0.1, 0.15) is 5.82 Å². The fourth-order valence-electron chi connectivity index (χ4n) is 3.63. The Bertz CT molecular complexity index is 898. The van der Waals surface area contributed by atoms with Gasteiger partial charge in [-0.3, -0.25) is 9.59 Å². The van der Waals surface area contributed by atoms with E-state index in [0.29, 0.717) is 38.3 Å². The number of carbonyl (C=O) groups excluding carboxylic acids is 2. The molecule has 1 fully saturated rings. The summed E-state index contributed by atoms with van der Waals surface area (Å²) in [5, 5.41) is 0. The molecule has 1 heterocycles. The van der Waals surface area contributed by atoms with Crippen LogP contribution in [0.3, 0.4) is 0 Å². The number of carbonyl (C=O) groups is 2. The molecule has 31 heavy (non-hydrogen) atoms. The van der Waals surface area contributed by atoms with Gasteiger partial charge in [0.25, 0.3) is 5.91 Å². The summed E-state index contributed by atoms with van der Waals surface area (Å²) < 4.78 is 19.1. The fraction of sp³-hybridized carbons (Fsp3) is 0.440. The second-order valence-electron chi connectivity index (χ2n) is 8.93. The van der Waals surface area contributed by atoms with Gasteiger partial charge in [-0.05, 0) is 35.1 Å². The van der Waals surface area contributed by atoms with Crippen LogP contribution in [-0.4, -0.2) is 49.6 Å². The van der Waals surface area contributed by atoms with Gasteiger partial charge in [0.15, 0.2) is 6.61 Å². The van der Waals surface area contributed by atoms with Crippen molar-refractivity contribution in [2.75, 3.05) is 37.7 Å². The van der Waals surface area contributed by atoms with Crippen LogP contribution < -0.4 is 4.90 Å². The first-order valence-corrected chi connectivity index (χ1v) is 10.8. The highest BCUT2D eigenvalue weighted by Crippen LogP contribution is 2.23. The average Bonchev–Trinajstić information content (AvgIpc) is 2.76. The molecule has 2 aromatic carbocycles. The maximum absolute atomic E-state index is 13.9. The minimum atomic E-state index is -0.377. The number of anilines is 1. The van der Waals surface area contributed by atoms with Gasteiger partial charge < -0.3 is 14.5 Å². The molecule has 6 heteroatoms. The van der Waals surface area contributed by atoms with Gasteiger partial charge in [-0.15, -0.1) is 0 Å². The number of para-hydroxylation sites is 1. The highest BCUT2D eigenvalue weighted by Gasteiger charge is 2.23. The SMILES string of the molecule is CC(C)(C)c1ccc(CCC(=O)OCC(=O)N2CCN(c3ccccc3F)CC2)cc1. The molecule has 0 atom stereocenters. The Morgan fingerprint density at radius 1 is 0.968 bits per heavy atom. The number of nitrogens with zero attached hydrogens (tertiary/aromatic N) is 2. The standard InChI is InChI=1S/C25H31FN2O3/c1-25(2,3)20-11-8-19(9-12-20)10-13-24(30)31-18-23(29)28-16-14-27(15-17-28)22-7-5-4-6-21(22)26/h4-9,11-12H,10,13-18H2,1-3H3. The van der Waals surface area contributed by atoms with E-state index in [-0.39, 0.29) is 36.1 Å². The van der Waals surface area contributed by atoms with Crippen LogP contribution in [0.4, 0.5) is 10.1 Å². The van der Waals surface area contributed by atoms with Crippen molar-refractivity contribution in [3.8, 4) is 0 Å². The van der Waals surface area contributed by atoms with Gasteiger partial charge in [0.05, 0.1) is 5.69 Å². The Kier molecular flexibility index (Phi) is 7.31. The van der Waals surface area contributed by atoms with Gasteiger partial charge >= 0.3 is 5.97 Å². The third-order valence-corrected chi connectivity index (χ3v) is 5.62. The third kappa shape index (κ3) is 6.29. The summed E-state index contributed by atoms with van der Waals surface area (Å²) in [7, 11) is 0. The number of rotatable bonds is 6. The Morgan fingerprint density at radius 3 is 2.23 bits per heavy atom. The lowest BCUT2D eigenvalue weighted by atomic mass is 9.86. The van der Waals surface area contributed by atoms with Crippen LogP contribution in [0.1, 0.15) is 38.3 Å². The molecule has 1 aliphatic heterocycles. The second-order valence-corrected chi connectivity index (χ2v) is 8.93. The van der Waals surface area contributed by atoms with Crippen LogP contribution in [0.25, 0.3) is 0 Å². The molecule has 3 rings (SSSR count). The van der Waals surface area contributed by atoms with Crippen molar-refractivity contribution in [2.45, 2.75) is 39.0 Å². The number of halogens is 1. The van der Waals surface area contributed by atoms with E-state index in [9.17, 15) is 14.0 Å². The van der Waals surface area contributed by atoms with Gasteiger partial charge in [0, 0.05) is 32.6 Å². The Morgan fingerprint density at radius 2 is 1.61 bits per heavy atom. The van der Waals surface area contributed by atoms with Crippen molar-refractivity contribution in [1.29, 1.82) is 0 Å². The number of piperazine rings is 1. The third-order valence-electron chi connectivity index (χ3n) is 5.62. The number of hydrogen-bond donors (Lipinski definition) is 0. The van der Waals surface area contributed by atoms with Crippen LogP contribution in [0.15, 0.2) is 48.5 Å². The predicted molar refractivity (Wildman–Crippen MR) is 120 cm³/mol. The molecule has 1 amide bonds. The average molecular weight is 427 g/mol. The molecule has 0 spiro atoms. The van der Waals surface area contributed by atoms with E-state index in [1.165, 1.54) is 11.6 Å². The minimum absolute atomic E-state index is 0.0958. The van der Waals surface area contributed by atoms with E-state index in [1.54, 1.807) is 23.1 Å². The molecule has 1 aliphatic rings. The van der Waals surface area contributed by atoms with E-state index < -0.39 is 0 Å². The molecule has 0 saturated carbocycles. The molecular weight excluding hydrogens is 395 g/mol. The predicted octanol–water partition coefficient (Wildman–Crippen LogP) is 3.95. The topological polar surface area (TPSA) is 49.9 Å². The van der Waals surface area contributed by atoms with Crippen molar-refractivity contribution in [3.63, 3.8) is 0 Å². The Balaban J connectivity index is 1.39. The van der Waals surface area contributed by atoms with Gasteiger partial charge in [-0.2, -0.15) is 0 Å². The summed E-state index contributed by atoms with van der Waals surface area (Å²) in [5.41, 5.74) is 2.97. The zero-order valence-electron chi connectivity index (χ0n) is 18.6. The Hall–Kier alpha value is -2.89. The zero-order valence-corrected chi connectivity index (χ0v) is 18.6. The first-order chi connectivity index (χ1) is 14.7. The van der Waals surface area contributed by atoms with Gasteiger partial charge in [0.2, 0.25) is 0 Å². The highest BCUT2D eigenvalue weighted by atomic mass is 19.1. The maximum Gasteiger partial charge on any atom is 0.306 e. The van der Waals surface area contributed by atoms with Crippen molar-refractivity contribution >= 4 is 17.6 Å². The van der Waals surface area contributed by atoms with E-state index >= 15 is 0 Å². The molecule has 166 valence electrons. The highest BCUT2D eigenvalue weighted by molar-refractivity contribution is 5.81. The van der Waals surface area contributed by atoms with Crippen molar-refractivity contribution < 1.29 is 18.7 Å². The number of aryl methyl sites for hydroxylation is 1. The molecule has 0 N–H and O–H groups in total. The summed E-state index contributed by atoms with van der Waals surface area (Å²) in [4.78, 5) is 28.0. The van der Waals surface area contributed by atoms with Crippen LogP contribution in [0.5, 0.6) is 0 Å². The number of amides is 1. The molecular formula is C25H31FN2O3. The van der Waals surface area contributed by atoms with E-state index in [2.05, 4.69) is 32.9 Å². The quantitative estimate of drug-likeness (QED) is 0.657. The lowest BCUT2D eigenvalue weighted by Gasteiger charge is -2.36. The fourth-order valence-corrected chi connectivity index (χ4v) is 3.63.